The Morgan fingerprint density at radius 1 is 1.38 bits per heavy atom. The molecule has 1 aliphatic rings. The second-order valence-electron chi connectivity index (χ2n) is 3.59. The fourth-order valence-electron chi connectivity index (χ4n) is 1.53. The molecular formula is C10H9FO2. The lowest BCUT2D eigenvalue weighted by Gasteiger charge is -2.17. The molecule has 0 aromatic heterocycles. The topological polar surface area (TPSA) is 26.3 Å². The van der Waals surface area contributed by atoms with Crippen LogP contribution in [0.15, 0.2) is 18.2 Å². The number of cyclic esters (lactones) is 1. The first kappa shape index (κ1) is 8.23. The van der Waals surface area contributed by atoms with Crippen molar-refractivity contribution in [3.63, 3.8) is 0 Å². The third-order valence-electron chi connectivity index (χ3n) is 2.20. The average Bonchev–Trinajstić information content (AvgIpc) is 2.23. The minimum Gasteiger partial charge on any atom is -0.451 e. The summed E-state index contributed by atoms with van der Waals surface area (Å²) in [5, 5.41) is 0. The van der Waals surface area contributed by atoms with E-state index in [1.807, 2.05) is 0 Å². The molecule has 1 aliphatic heterocycles. The van der Waals surface area contributed by atoms with Gasteiger partial charge >= 0.3 is 5.97 Å². The van der Waals surface area contributed by atoms with Crippen molar-refractivity contribution >= 4 is 5.97 Å². The average molecular weight is 180 g/mol. The van der Waals surface area contributed by atoms with Gasteiger partial charge in [0.05, 0.1) is 5.56 Å². The van der Waals surface area contributed by atoms with Crippen molar-refractivity contribution < 1.29 is 13.9 Å². The summed E-state index contributed by atoms with van der Waals surface area (Å²) in [6.07, 6.45) is 0. The fourth-order valence-corrected chi connectivity index (χ4v) is 1.53. The molecular weight excluding hydrogens is 171 g/mol. The van der Waals surface area contributed by atoms with Crippen LogP contribution in [0.4, 0.5) is 4.39 Å². The molecule has 1 heterocycles. The number of halogens is 1. The van der Waals surface area contributed by atoms with Crippen molar-refractivity contribution in [3.8, 4) is 0 Å². The molecule has 0 aliphatic carbocycles. The van der Waals surface area contributed by atoms with Crippen LogP contribution in [0, 0.1) is 5.82 Å². The van der Waals surface area contributed by atoms with Crippen molar-refractivity contribution in [2.24, 2.45) is 0 Å². The molecule has 0 radical (unpaired) electrons. The monoisotopic (exact) mass is 180 g/mol. The van der Waals surface area contributed by atoms with Gasteiger partial charge in [-0.15, -0.1) is 0 Å². The Hall–Kier alpha value is -1.38. The van der Waals surface area contributed by atoms with E-state index in [4.69, 9.17) is 4.74 Å². The number of esters is 1. The highest BCUT2D eigenvalue weighted by molar-refractivity contribution is 5.94. The van der Waals surface area contributed by atoms with Gasteiger partial charge in [0, 0.05) is 5.56 Å². The first-order valence-electron chi connectivity index (χ1n) is 4.04. The largest absolute Gasteiger partial charge is 0.451 e. The summed E-state index contributed by atoms with van der Waals surface area (Å²) < 4.78 is 17.9. The van der Waals surface area contributed by atoms with Gasteiger partial charge < -0.3 is 4.74 Å². The maximum absolute atomic E-state index is 12.9. The van der Waals surface area contributed by atoms with Gasteiger partial charge in [-0.05, 0) is 32.0 Å². The first-order chi connectivity index (χ1) is 6.00. The zero-order chi connectivity index (χ0) is 9.64. The van der Waals surface area contributed by atoms with Crippen LogP contribution in [0.3, 0.4) is 0 Å². The molecule has 0 saturated carbocycles. The van der Waals surface area contributed by atoms with Crippen LogP contribution in [0.1, 0.15) is 29.8 Å². The highest BCUT2D eigenvalue weighted by Gasteiger charge is 2.37. The molecule has 0 N–H and O–H groups in total. The molecule has 2 rings (SSSR count). The Balaban J connectivity index is 2.66. The minimum atomic E-state index is -0.700. The molecule has 68 valence electrons. The summed E-state index contributed by atoms with van der Waals surface area (Å²) in [6, 6.07) is 4.07. The van der Waals surface area contributed by atoms with Gasteiger partial charge in [-0.1, -0.05) is 0 Å². The zero-order valence-electron chi connectivity index (χ0n) is 7.43. The van der Waals surface area contributed by atoms with E-state index in [0.717, 1.165) is 0 Å². The van der Waals surface area contributed by atoms with Crippen LogP contribution in [-0.2, 0) is 10.3 Å². The normalized spacial score (nSPS) is 18.2. The van der Waals surface area contributed by atoms with E-state index < -0.39 is 5.60 Å². The van der Waals surface area contributed by atoms with Crippen molar-refractivity contribution in [3.05, 3.63) is 35.1 Å². The van der Waals surface area contributed by atoms with E-state index in [1.54, 1.807) is 13.8 Å². The number of carbonyl (C=O) groups excluding carboxylic acids is 1. The zero-order valence-corrected chi connectivity index (χ0v) is 7.43. The van der Waals surface area contributed by atoms with E-state index in [-0.39, 0.29) is 11.8 Å². The third kappa shape index (κ3) is 1.11. The Labute approximate surface area is 75.3 Å². The Kier molecular flexibility index (Phi) is 1.46. The highest BCUT2D eigenvalue weighted by atomic mass is 19.1. The van der Waals surface area contributed by atoms with Crippen LogP contribution in [0.2, 0.25) is 0 Å². The Morgan fingerprint density at radius 2 is 2.08 bits per heavy atom. The van der Waals surface area contributed by atoms with E-state index in [9.17, 15) is 9.18 Å². The summed E-state index contributed by atoms with van der Waals surface area (Å²) >= 11 is 0. The van der Waals surface area contributed by atoms with Gasteiger partial charge in [0.15, 0.2) is 0 Å². The maximum atomic E-state index is 12.9. The summed E-state index contributed by atoms with van der Waals surface area (Å²) in [4.78, 5) is 11.2. The number of fused-ring (bicyclic) bond motifs is 1. The second-order valence-corrected chi connectivity index (χ2v) is 3.59. The van der Waals surface area contributed by atoms with Crippen LogP contribution in [0.25, 0.3) is 0 Å². The fraction of sp³-hybridized carbons (Fsp3) is 0.300. The lowest BCUT2D eigenvalue weighted by molar-refractivity contribution is 0.00948. The lowest BCUT2D eigenvalue weighted by atomic mass is 9.96. The van der Waals surface area contributed by atoms with Crippen molar-refractivity contribution in [2.45, 2.75) is 19.4 Å². The first-order valence-corrected chi connectivity index (χ1v) is 4.04. The SMILES string of the molecule is CC1(C)OC(=O)c2ccc(F)cc21. The quantitative estimate of drug-likeness (QED) is 0.572. The smallest absolute Gasteiger partial charge is 0.339 e. The molecule has 0 saturated heterocycles. The summed E-state index contributed by atoms with van der Waals surface area (Å²) in [5.41, 5.74) is 0.387. The van der Waals surface area contributed by atoms with Gasteiger partial charge in [0.1, 0.15) is 11.4 Å². The van der Waals surface area contributed by atoms with E-state index >= 15 is 0 Å². The van der Waals surface area contributed by atoms with Gasteiger partial charge in [-0.25, -0.2) is 9.18 Å². The lowest BCUT2D eigenvalue weighted by Crippen LogP contribution is -2.16. The number of rotatable bonds is 0. The molecule has 1 aromatic carbocycles. The molecule has 0 unspecified atom stereocenters. The molecule has 0 atom stereocenters. The second kappa shape index (κ2) is 2.31. The van der Waals surface area contributed by atoms with E-state index in [1.165, 1.54) is 18.2 Å². The van der Waals surface area contributed by atoms with Crippen LogP contribution < -0.4 is 0 Å². The van der Waals surface area contributed by atoms with Crippen LogP contribution in [0.5, 0.6) is 0 Å². The number of hydrogen-bond donors (Lipinski definition) is 0. The molecule has 0 bridgehead atoms. The predicted molar refractivity (Wildman–Crippen MR) is 44.8 cm³/mol. The van der Waals surface area contributed by atoms with Crippen LogP contribution in [-0.4, -0.2) is 5.97 Å². The van der Waals surface area contributed by atoms with Crippen LogP contribution >= 0.6 is 0 Å². The van der Waals surface area contributed by atoms with Gasteiger partial charge in [-0.3, -0.25) is 0 Å². The minimum absolute atomic E-state index is 0.342. The Morgan fingerprint density at radius 3 is 2.77 bits per heavy atom. The number of carbonyl (C=O) groups is 1. The molecule has 0 fully saturated rings. The molecule has 0 spiro atoms. The summed E-state index contributed by atoms with van der Waals surface area (Å²) in [6.45, 7) is 3.49. The molecule has 3 heteroatoms. The predicted octanol–water partition coefficient (Wildman–Crippen LogP) is 2.23. The molecule has 0 amide bonds. The van der Waals surface area contributed by atoms with Crippen molar-refractivity contribution in [2.75, 3.05) is 0 Å². The van der Waals surface area contributed by atoms with Crippen molar-refractivity contribution in [1.82, 2.24) is 0 Å². The Bertz CT molecular complexity index is 383. The molecule has 13 heavy (non-hydrogen) atoms. The molecule has 2 nitrogen and oxygen atoms in total. The standard InChI is InChI=1S/C10H9FO2/c1-10(2)8-5-6(11)3-4-7(8)9(12)13-10/h3-5H,1-2H3. The van der Waals surface area contributed by atoms with Gasteiger partial charge in [0.25, 0.3) is 0 Å². The van der Waals surface area contributed by atoms with E-state index in [2.05, 4.69) is 0 Å². The number of benzene rings is 1. The highest BCUT2D eigenvalue weighted by Crippen LogP contribution is 2.35. The number of ether oxygens (including phenoxy) is 1. The molecule has 1 aromatic rings. The van der Waals surface area contributed by atoms with Gasteiger partial charge in [0.2, 0.25) is 0 Å². The van der Waals surface area contributed by atoms with Gasteiger partial charge in [-0.2, -0.15) is 0 Å². The number of hydrogen-bond acceptors (Lipinski definition) is 2. The summed E-state index contributed by atoms with van der Waals surface area (Å²) in [7, 11) is 0. The van der Waals surface area contributed by atoms with E-state index in [0.29, 0.717) is 11.1 Å². The summed E-state index contributed by atoms with van der Waals surface area (Å²) in [5.74, 6) is -0.717. The third-order valence-corrected chi connectivity index (χ3v) is 2.20. The van der Waals surface area contributed by atoms with Crippen molar-refractivity contribution in [1.29, 1.82) is 0 Å². The maximum Gasteiger partial charge on any atom is 0.339 e.